The molecule has 3 heteroatoms. The van der Waals surface area contributed by atoms with Crippen LogP contribution in [0, 0.1) is 0 Å². The molecule has 1 aromatic rings. The fraction of sp³-hybridized carbons (Fsp3) is 0.250. The fourth-order valence-electron chi connectivity index (χ4n) is 1.55. The van der Waals surface area contributed by atoms with Crippen molar-refractivity contribution in [2.75, 3.05) is 7.05 Å². The van der Waals surface area contributed by atoms with E-state index in [0.717, 1.165) is 12.2 Å². The summed E-state index contributed by atoms with van der Waals surface area (Å²) in [6.45, 7) is 0.795. The molecular formula is C12H13NO2. The van der Waals surface area contributed by atoms with E-state index in [1.54, 1.807) is 0 Å². The zero-order valence-corrected chi connectivity index (χ0v) is 8.64. The number of esters is 1. The van der Waals surface area contributed by atoms with Crippen molar-refractivity contribution in [3.8, 4) is 0 Å². The van der Waals surface area contributed by atoms with Crippen molar-refractivity contribution in [2.24, 2.45) is 0 Å². The molecule has 1 aliphatic rings. The van der Waals surface area contributed by atoms with Crippen molar-refractivity contribution < 1.29 is 9.53 Å². The van der Waals surface area contributed by atoms with Gasteiger partial charge in [-0.3, -0.25) is 4.79 Å². The molecule has 0 bridgehead atoms. The van der Waals surface area contributed by atoms with E-state index >= 15 is 0 Å². The summed E-state index contributed by atoms with van der Waals surface area (Å²) in [7, 11) is 1.96. The predicted molar refractivity (Wildman–Crippen MR) is 56.7 cm³/mol. The maximum atomic E-state index is 10.9. The maximum absolute atomic E-state index is 10.9. The van der Waals surface area contributed by atoms with Crippen LogP contribution in [-0.2, 0) is 16.1 Å². The van der Waals surface area contributed by atoms with Gasteiger partial charge in [0.05, 0.1) is 12.1 Å². The number of cyclic esters (lactones) is 1. The lowest BCUT2D eigenvalue weighted by Gasteiger charge is -2.18. The molecular weight excluding hydrogens is 190 g/mol. The Kier molecular flexibility index (Phi) is 2.72. The fourth-order valence-corrected chi connectivity index (χ4v) is 1.55. The average molecular weight is 203 g/mol. The van der Waals surface area contributed by atoms with Gasteiger partial charge in [0.2, 0.25) is 0 Å². The molecule has 3 nitrogen and oxygen atoms in total. The van der Waals surface area contributed by atoms with E-state index in [-0.39, 0.29) is 5.97 Å². The largest absolute Gasteiger partial charge is 0.432 e. The normalized spacial score (nSPS) is 14.7. The highest BCUT2D eigenvalue weighted by Crippen LogP contribution is 2.17. The number of carbonyl (C=O) groups is 1. The molecule has 0 unspecified atom stereocenters. The monoisotopic (exact) mass is 203 g/mol. The average Bonchev–Trinajstić information content (AvgIpc) is 2.66. The Labute approximate surface area is 89.0 Å². The van der Waals surface area contributed by atoms with Crippen LogP contribution in [0.3, 0.4) is 0 Å². The van der Waals surface area contributed by atoms with Crippen LogP contribution in [0.15, 0.2) is 42.3 Å². The summed E-state index contributed by atoms with van der Waals surface area (Å²) in [6, 6.07) is 10.1. The van der Waals surface area contributed by atoms with Gasteiger partial charge in [-0.15, -0.1) is 0 Å². The van der Waals surface area contributed by atoms with Crippen LogP contribution in [0.25, 0.3) is 0 Å². The van der Waals surface area contributed by atoms with Gasteiger partial charge in [0.1, 0.15) is 6.26 Å². The first kappa shape index (κ1) is 9.77. The van der Waals surface area contributed by atoms with Crippen molar-refractivity contribution in [2.45, 2.75) is 13.0 Å². The third kappa shape index (κ3) is 2.37. The van der Waals surface area contributed by atoms with E-state index in [0.29, 0.717) is 6.42 Å². The highest BCUT2D eigenvalue weighted by Gasteiger charge is 2.17. The van der Waals surface area contributed by atoms with Crippen LogP contribution >= 0.6 is 0 Å². The van der Waals surface area contributed by atoms with Gasteiger partial charge in [0.15, 0.2) is 0 Å². The highest BCUT2D eigenvalue weighted by molar-refractivity contribution is 5.75. The summed E-state index contributed by atoms with van der Waals surface area (Å²) >= 11 is 0. The Morgan fingerprint density at radius 2 is 2.07 bits per heavy atom. The summed E-state index contributed by atoms with van der Waals surface area (Å²) in [5, 5.41) is 0. The molecule has 0 N–H and O–H groups in total. The van der Waals surface area contributed by atoms with E-state index in [1.807, 2.05) is 30.1 Å². The quantitative estimate of drug-likeness (QED) is 0.703. The van der Waals surface area contributed by atoms with Gasteiger partial charge in [-0.05, 0) is 5.56 Å². The maximum Gasteiger partial charge on any atom is 0.316 e. The zero-order chi connectivity index (χ0) is 10.7. The first-order chi connectivity index (χ1) is 7.25. The molecule has 0 radical (unpaired) electrons. The molecule has 0 aromatic heterocycles. The number of nitrogens with zero attached hydrogens (tertiary/aromatic N) is 1. The summed E-state index contributed by atoms with van der Waals surface area (Å²) in [6.07, 6.45) is 1.91. The van der Waals surface area contributed by atoms with Gasteiger partial charge in [-0.2, -0.15) is 0 Å². The molecule has 2 rings (SSSR count). The summed E-state index contributed by atoms with van der Waals surface area (Å²) in [5.74, 6) is -0.176. The number of benzene rings is 1. The van der Waals surface area contributed by atoms with E-state index < -0.39 is 0 Å². The van der Waals surface area contributed by atoms with Gasteiger partial charge in [-0.25, -0.2) is 0 Å². The number of hydrogen-bond donors (Lipinski definition) is 0. The first-order valence-electron chi connectivity index (χ1n) is 4.89. The first-order valence-corrected chi connectivity index (χ1v) is 4.89. The Morgan fingerprint density at radius 1 is 1.33 bits per heavy atom. The second-order valence-electron chi connectivity index (χ2n) is 3.62. The molecule has 0 saturated carbocycles. The van der Waals surface area contributed by atoms with Crippen LogP contribution < -0.4 is 0 Å². The van der Waals surface area contributed by atoms with Crippen molar-refractivity contribution in [1.82, 2.24) is 4.90 Å². The number of carbonyl (C=O) groups excluding carboxylic acids is 1. The molecule has 0 fully saturated rings. The Morgan fingerprint density at radius 3 is 2.67 bits per heavy atom. The molecule has 1 aromatic carbocycles. The van der Waals surface area contributed by atoms with Gasteiger partial charge >= 0.3 is 5.97 Å². The van der Waals surface area contributed by atoms with Gasteiger partial charge in [0, 0.05) is 13.6 Å². The smallest absolute Gasteiger partial charge is 0.316 e. The third-order valence-electron chi connectivity index (χ3n) is 2.40. The highest BCUT2D eigenvalue weighted by atomic mass is 16.5. The summed E-state index contributed by atoms with van der Waals surface area (Å²) in [5.41, 5.74) is 2.16. The second kappa shape index (κ2) is 4.17. The predicted octanol–water partition coefficient (Wildman–Crippen LogP) is 1.91. The Hall–Kier alpha value is -1.77. The SMILES string of the molecule is CN(Cc1ccccc1)C1=COC(=O)C1. The molecule has 0 atom stereocenters. The third-order valence-corrected chi connectivity index (χ3v) is 2.40. The van der Waals surface area contributed by atoms with Crippen molar-refractivity contribution in [3.63, 3.8) is 0 Å². The minimum absolute atomic E-state index is 0.176. The van der Waals surface area contributed by atoms with Crippen LogP contribution in [0.1, 0.15) is 12.0 Å². The van der Waals surface area contributed by atoms with Crippen LogP contribution in [0.2, 0.25) is 0 Å². The van der Waals surface area contributed by atoms with Gasteiger partial charge < -0.3 is 9.64 Å². The number of ether oxygens (including phenoxy) is 1. The standard InChI is InChI=1S/C12H13NO2/c1-13(11-7-12(14)15-9-11)8-10-5-3-2-4-6-10/h2-6,9H,7-8H2,1H3. The summed E-state index contributed by atoms with van der Waals surface area (Å²) < 4.78 is 4.78. The van der Waals surface area contributed by atoms with Gasteiger partial charge in [0.25, 0.3) is 0 Å². The number of hydrogen-bond acceptors (Lipinski definition) is 3. The molecule has 78 valence electrons. The lowest BCUT2D eigenvalue weighted by Crippen LogP contribution is -2.16. The minimum Gasteiger partial charge on any atom is -0.432 e. The molecule has 0 amide bonds. The molecule has 0 saturated heterocycles. The van der Waals surface area contributed by atoms with Crippen molar-refractivity contribution >= 4 is 5.97 Å². The molecule has 15 heavy (non-hydrogen) atoms. The Bertz CT molecular complexity index is 384. The second-order valence-corrected chi connectivity index (χ2v) is 3.62. The molecule has 0 aliphatic carbocycles. The van der Waals surface area contributed by atoms with Crippen molar-refractivity contribution in [3.05, 3.63) is 47.9 Å². The van der Waals surface area contributed by atoms with E-state index in [4.69, 9.17) is 4.74 Å². The van der Waals surface area contributed by atoms with E-state index in [2.05, 4.69) is 12.1 Å². The van der Waals surface area contributed by atoms with Gasteiger partial charge in [-0.1, -0.05) is 30.3 Å². The number of rotatable bonds is 3. The Balaban J connectivity index is 1.98. The van der Waals surface area contributed by atoms with E-state index in [9.17, 15) is 4.79 Å². The topological polar surface area (TPSA) is 29.5 Å². The van der Waals surface area contributed by atoms with Crippen LogP contribution in [0.5, 0.6) is 0 Å². The van der Waals surface area contributed by atoms with Crippen molar-refractivity contribution in [1.29, 1.82) is 0 Å². The minimum atomic E-state index is -0.176. The van der Waals surface area contributed by atoms with Crippen LogP contribution in [0.4, 0.5) is 0 Å². The van der Waals surface area contributed by atoms with Crippen LogP contribution in [-0.4, -0.2) is 17.9 Å². The molecule has 1 aliphatic heterocycles. The lowest BCUT2D eigenvalue weighted by molar-refractivity contribution is -0.135. The lowest BCUT2D eigenvalue weighted by atomic mass is 10.2. The summed E-state index contributed by atoms with van der Waals surface area (Å²) in [4.78, 5) is 12.9. The molecule has 0 spiro atoms. The zero-order valence-electron chi connectivity index (χ0n) is 8.64. The van der Waals surface area contributed by atoms with E-state index in [1.165, 1.54) is 11.8 Å². The molecule has 1 heterocycles.